The number of carbonyl (C=O) groups is 1. The molecule has 1 aliphatic heterocycles. The van der Waals surface area contributed by atoms with E-state index in [2.05, 4.69) is 5.10 Å². The minimum atomic E-state index is -0.269. The van der Waals surface area contributed by atoms with Crippen LogP contribution in [0.4, 0.5) is 4.39 Å². The lowest BCUT2D eigenvalue weighted by atomic mass is 10.1. The van der Waals surface area contributed by atoms with Gasteiger partial charge in [0.2, 0.25) is 5.88 Å². The molecule has 0 unspecified atom stereocenters. The van der Waals surface area contributed by atoms with E-state index in [1.165, 1.54) is 12.1 Å². The summed E-state index contributed by atoms with van der Waals surface area (Å²) >= 11 is 0. The molecule has 0 saturated heterocycles. The van der Waals surface area contributed by atoms with E-state index in [0.29, 0.717) is 37.7 Å². The Balaban J connectivity index is 1.42. The highest BCUT2D eigenvalue weighted by Gasteiger charge is 2.23. The summed E-state index contributed by atoms with van der Waals surface area (Å²) in [5, 5.41) is 4.44. The number of hydrogen-bond acceptors (Lipinski definition) is 3. The lowest BCUT2D eigenvalue weighted by Gasteiger charge is -2.27. The SMILES string of the molecule is Cc1ccc(C(=O)N2CCn3nc(OCc4ccc(F)cc4)cc3C2)cc1. The van der Waals surface area contributed by atoms with E-state index >= 15 is 0 Å². The second kappa shape index (κ2) is 7.23. The van der Waals surface area contributed by atoms with Crippen LogP contribution in [0.3, 0.4) is 0 Å². The zero-order chi connectivity index (χ0) is 18.8. The molecule has 0 N–H and O–H groups in total. The van der Waals surface area contributed by atoms with E-state index in [9.17, 15) is 9.18 Å². The van der Waals surface area contributed by atoms with E-state index in [4.69, 9.17) is 4.74 Å². The summed E-state index contributed by atoms with van der Waals surface area (Å²) in [6.45, 7) is 4.06. The van der Waals surface area contributed by atoms with Gasteiger partial charge in [-0.15, -0.1) is 5.10 Å². The van der Waals surface area contributed by atoms with Gasteiger partial charge in [-0.05, 0) is 36.8 Å². The Kier molecular flexibility index (Phi) is 4.62. The average Bonchev–Trinajstić information content (AvgIpc) is 3.09. The minimum absolute atomic E-state index is 0.0243. The molecular weight excluding hydrogens is 345 g/mol. The van der Waals surface area contributed by atoms with Crippen molar-refractivity contribution in [2.45, 2.75) is 26.6 Å². The highest BCUT2D eigenvalue weighted by atomic mass is 19.1. The van der Waals surface area contributed by atoms with Gasteiger partial charge in [-0.2, -0.15) is 0 Å². The Hall–Kier alpha value is -3.15. The predicted octanol–water partition coefficient (Wildman–Crippen LogP) is 3.57. The van der Waals surface area contributed by atoms with Crippen molar-refractivity contribution in [3.8, 4) is 5.88 Å². The molecule has 0 saturated carbocycles. The number of halogens is 1. The summed E-state index contributed by atoms with van der Waals surface area (Å²) in [4.78, 5) is 14.5. The van der Waals surface area contributed by atoms with Crippen LogP contribution in [0, 0.1) is 12.7 Å². The Morgan fingerprint density at radius 2 is 1.85 bits per heavy atom. The fraction of sp³-hybridized carbons (Fsp3) is 0.238. The number of ether oxygens (including phenoxy) is 1. The molecule has 0 fully saturated rings. The van der Waals surface area contributed by atoms with Crippen LogP contribution >= 0.6 is 0 Å². The van der Waals surface area contributed by atoms with Crippen molar-refractivity contribution in [1.29, 1.82) is 0 Å². The van der Waals surface area contributed by atoms with Gasteiger partial charge in [-0.25, -0.2) is 4.39 Å². The van der Waals surface area contributed by atoms with Crippen LogP contribution in [-0.2, 0) is 19.7 Å². The Morgan fingerprint density at radius 1 is 1.11 bits per heavy atom. The number of fused-ring (bicyclic) bond motifs is 1. The Labute approximate surface area is 157 Å². The molecule has 1 amide bonds. The standard InChI is InChI=1S/C21H20FN3O2/c1-15-2-6-17(7-3-15)21(26)24-10-11-25-19(13-24)12-20(23-25)27-14-16-4-8-18(22)9-5-16/h2-9,12H,10-11,13-14H2,1H3. The van der Waals surface area contributed by atoms with Gasteiger partial charge < -0.3 is 9.64 Å². The molecular formula is C21H20FN3O2. The molecule has 0 spiro atoms. The van der Waals surface area contributed by atoms with E-state index < -0.39 is 0 Å². The molecule has 138 valence electrons. The highest BCUT2D eigenvalue weighted by molar-refractivity contribution is 5.94. The second-order valence-electron chi connectivity index (χ2n) is 6.70. The van der Waals surface area contributed by atoms with Gasteiger partial charge in [-0.1, -0.05) is 29.8 Å². The molecule has 27 heavy (non-hydrogen) atoms. The van der Waals surface area contributed by atoms with Crippen LogP contribution in [0.15, 0.2) is 54.6 Å². The van der Waals surface area contributed by atoms with Crippen LogP contribution in [0.1, 0.15) is 27.2 Å². The van der Waals surface area contributed by atoms with Gasteiger partial charge in [0.25, 0.3) is 5.91 Å². The third-order valence-electron chi connectivity index (χ3n) is 4.66. The molecule has 0 radical (unpaired) electrons. The second-order valence-corrected chi connectivity index (χ2v) is 6.70. The molecule has 1 aliphatic rings. The smallest absolute Gasteiger partial charge is 0.254 e. The molecule has 2 heterocycles. The number of aromatic nitrogens is 2. The van der Waals surface area contributed by atoms with Crippen molar-refractivity contribution in [3.63, 3.8) is 0 Å². The van der Waals surface area contributed by atoms with Gasteiger partial charge in [0, 0.05) is 18.2 Å². The molecule has 2 aromatic carbocycles. The van der Waals surface area contributed by atoms with E-state index in [0.717, 1.165) is 16.8 Å². The largest absolute Gasteiger partial charge is 0.472 e. The highest BCUT2D eigenvalue weighted by Crippen LogP contribution is 2.20. The third kappa shape index (κ3) is 3.84. The topological polar surface area (TPSA) is 47.4 Å². The maximum absolute atomic E-state index is 13.0. The first kappa shape index (κ1) is 17.3. The summed E-state index contributed by atoms with van der Waals surface area (Å²) < 4.78 is 20.6. The van der Waals surface area contributed by atoms with Crippen LogP contribution in [0.2, 0.25) is 0 Å². The fourth-order valence-corrected chi connectivity index (χ4v) is 3.10. The van der Waals surface area contributed by atoms with Crippen LogP contribution in [0.5, 0.6) is 5.88 Å². The number of aryl methyl sites for hydroxylation is 1. The zero-order valence-corrected chi connectivity index (χ0v) is 15.1. The number of carbonyl (C=O) groups excluding carboxylic acids is 1. The summed E-state index contributed by atoms with van der Waals surface area (Å²) in [5.41, 5.74) is 3.64. The lowest BCUT2D eigenvalue weighted by molar-refractivity contribution is 0.0706. The molecule has 5 nitrogen and oxygen atoms in total. The third-order valence-corrected chi connectivity index (χ3v) is 4.66. The first-order valence-electron chi connectivity index (χ1n) is 8.88. The maximum Gasteiger partial charge on any atom is 0.254 e. The number of benzene rings is 2. The normalized spacial score (nSPS) is 13.3. The average molecular weight is 365 g/mol. The molecule has 6 heteroatoms. The van der Waals surface area contributed by atoms with Gasteiger partial charge in [-0.3, -0.25) is 9.48 Å². The van der Waals surface area contributed by atoms with Crippen molar-refractivity contribution >= 4 is 5.91 Å². The molecule has 0 atom stereocenters. The van der Waals surface area contributed by atoms with Crippen LogP contribution in [-0.4, -0.2) is 27.1 Å². The van der Waals surface area contributed by atoms with Crippen molar-refractivity contribution in [2.24, 2.45) is 0 Å². The van der Waals surface area contributed by atoms with Gasteiger partial charge in [0.1, 0.15) is 12.4 Å². The van der Waals surface area contributed by atoms with Crippen LogP contribution < -0.4 is 4.74 Å². The minimum Gasteiger partial charge on any atom is -0.472 e. The summed E-state index contributed by atoms with van der Waals surface area (Å²) in [5.74, 6) is 0.268. The number of amides is 1. The molecule has 0 aliphatic carbocycles. The summed E-state index contributed by atoms with van der Waals surface area (Å²) in [6.07, 6.45) is 0. The number of rotatable bonds is 4. The first-order valence-corrected chi connectivity index (χ1v) is 8.88. The van der Waals surface area contributed by atoms with Crippen molar-refractivity contribution < 1.29 is 13.9 Å². The van der Waals surface area contributed by atoms with Crippen molar-refractivity contribution in [2.75, 3.05) is 6.54 Å². The van der Waals surface area contributed by atoms with Gasteiger partial charge in [0.05, 0.1) is 18.8 Å². The quantitative estimate of drug-likeness (QED) is 0.710. The van der Waals surface area contributed by atoms with Crippen molar-refractivity contribution in [1.82, 2.24) is 14.7 Å². The lowest BCUT2D eigenvalue weighted by Crippen LogP contribution is -2.38. The molecule has 0 bridgehead atoms. The summed E-state index contributed by atoms with van der Waals surface area (Å²) in [6, 6.07) is 15.7. The zero-order valence-electron chi connectivity index (χ0n) is 15.1. The van der Waals surface area contributed by atoms with Gasteiger partial charge in [0.15, 0.2) is 0 Å². The monoisotopic (exact) mass is 365 g/mol. The number of hydrogen-bond donors (Lipinski definition) is 0. The van der Waals surface area contributed by atoms with E-state index in [1.807, 2.05) is 46.8 Å². The number of nitrogens with zero attached hydrogens (tertiary/aromatic N) is 3. The van der Waals surface area contributed by atoms with E-state index in [1.54, 1.807) is 12.1 Å². The van der Waals surface area contributed by atoms with Gasteiger partial charge >= 0.3 is 0 Å². The predicted molar refractivity (Wildman–Crippen MR) is 98.9 cm³/mol. The maximum atomic E-state index is 13.0. The van der Waals surface area contributed by atoms with Crippen LogP contribution in [0.25, 0.3) is 0 Å². The fourth-order valence-electron chi connectivity index (χ4n) is 3.10. The molecule has 4 rings (SSSR count). The Morgan fingerprint density at radius 3 is 2.59 bits per heavy atom. The summed E-state index contributed by atoms with van der Waals surface area (Å²) in [7, 11) is 0. The molecule has 1 aromatic heterocycles. The van der Waals surface area contributed by atoms with E-state index in [-0.39, 0.29) is 11.7 Å². The molecule has 3 aromatic rings. The first-order chi connectivity index (χ1) is 13.1. The Bertz CT molecular complexity index is 949. The van der Waals surface area contributed by atoms with Crippen molar-refractivity contribution in [3.05, 3.63) is 82.8 Å².